The molecule has 0 atom stereocenters. The van der Waals surface area contributed by atoms with Gasteiger partial charge in [0.1, 0.15) is 6.29 Å². The molecule has 0 aliphatic heterocycles. The Balaban J connectivity index is 2.49. The second-order valence-corrected chi connectivity index (χ2v) is 3.69. The van der Waals surface area contributed by atoms with E-state index in [2.05, 4.69) is 0 Å². The molecule has 0 N–H and O–H groups in total. The smallest absolute Gasteiger partial charge is 0.298 e. The number of carbonyl (C=O) groups is 2. The van der Waals surface area contributed by atoms with Crippen LogP contribution in [0.25, 0.3) is 0 Å². The fourth-order valence-corrected chi connectivity index (χ4v) is 1.38. The van der Waals surface area contributed by atoms with E-state index >= 15 is 0 Å². The quantitative estimate of drug-likeness (QED) is 0.433. The normalized spacial score (nSPS) is 10.1. The van der Waals surface area contributed by atoms with Gasteiger partial charge < -0.3 is 0 Å². The fraction of sp³-hybridized carbons (Fsp3) is 0.385. The van der Waals surface area contributed by atoms with Crippen molar-refractivity contribution >= 4 is 12.3 Å². The molecule has 17 heavy (non-hydrogen) atoms. The minimum absolute atomic E-state index is 0.135. The van der Waals surface area contributed by atoms with E-state index in [0.29, 0.717) is 11.3 Å². The molecule has 1 aromatic rings. The monoisotopic (exact) mass is 236 g/mol. The molecule has 0 saturated heterocycles. The lowest BCUT2D eigenvalue weighted by Crippen LogP contribution is -2.18. The Morgan fingerprint density at radius 3 is 2.29 bits per heavy atom. The third-order valence-electron chi connectivity index (χ3n) is 2.56. The zero-order chi connectivity index (χ0) is 12.7. The maximum absolute atomic E-state index is 11.5. The zero-order valence-corrected chi connectivity index (χ0v) is 10.0. The molecule has 1 aromatic carbocycles. The molecule has 0 aliphatic carbocycles. The first-order valence-electron chi connectivity index (χ1n) is 5.64. The molecule has 0 aliphatic rings. The van der Waals surface area contributed by atoms with Crippen LogP contribution in [0, 0.1) is 5.92 Å². The van der Waals surface area contributed by atoms with Crippen molar-refractivity contribution in [1.82, 2.24) is 0 Å². The van der Waals surface area contributed by atoms with Crippen LogP contribution >= 0.6 is 0 Å². The van der Waals surface area contributed by atoms with Gasteiger partial charge in [-0.25, -0.2) is 4.79 Å². The van der Waals surface area contributed by atoms with Crippen LogP contribution in [-0.4, -0.2) is 12.3 Å². The summed E-state index contributed by atoms with van der Waals surface area (Å²) < 4.78 is 0. The van der Waals surface area contributed by atoms with Crippen molar-refractivity contribution in [3.8, 4) is 5.75 Å². The Labute approximate surface area is 100 Å². The van der Waals surface area contributed by atoms with E-state index in [1.54, 1.807) is 24.3 Å². The molecular weight excluding hydrogens is 220 g/mol. The van der Waals surface area contributed by atoms with Crippen LogP contribution in [0.1, 0.15) is 37.0 Å². The number of hydrogen-bond donors (Lipinski definition) is 0. The van der Waals surface area contributed by atoms with Crippen molar-refractivity contribution in [3.63, 3.8) is 0 Å². The Morgan fingerprint density at radius 2 is 1.82 bits per heavy atom. The van der Waals surface area contributed by atoms with Gasteiger partial charge in [0.05, 0.1) is 5.92 Å². The molecule has 1 rings (SSSR count). The molecule has 0 unspecified atom stereocenters. The van der Waals surface area contributed by atoms with Crippen molar-refractivity contribution in [1.29, 1.82) is 0 Å². The van der Waals surface area contributed by atoms with Crippen molar-refractivity contribution in [2.75, 3.05) is 0 Å². The van der Waals surface area contributed by atoms with Gasteiger partial charge in [-0.2, -0.15) is 0 Å². The van der Waals surface area contributed by atoms with Gasteiger partial charge >= 0.3 is 5.97 Å². The molecule has 0 fully saturated rings. The topological polar surface area (TPSA) is 52.6 Å². The maximum atomic E-state index is 11.5. The lowest BCUT2D eigenvalue weighted by Gasteiger charge is -2.10. The van der Waals surface area contributed by atoms with Crippen LogP contribution < -0.4 is 4.89 Å². The van der Waals surface area contributed by atoms with Gasteiger partial charge in [-0.15, -0.1) is 0 Å². The standard InChI is InChI=1S/C13H16O4/c1-3-11(4-2)13(15)17-16-12-7-5-10(9-14)6-8-12/h5-9,11H,3-4H2,1-2H3. The van der Waals surface area contributed by atoms with Crippen LogP contribution in [0.5, 0.6) is 5.75 Å². The Bertz CT molecular complexity index is 366. The van der Waals surface area contributed by atoms with Gasteiger partial charge in [-0.05, 0) is 37.1 Å². The van der Waals surface area contributed by atoms with Crippen LogP contribution in [0.15, 0.2) is 24.3 Å². The Hall–Kier alpha value is -1.84. The summed E-state index contributed by atoms with van der Waals surface area (Å²) in [5, 5.41) is 0. The highest BCUT2D eigenvalue weighted by Crippen LogP contribution is 2.14. The van der Waals surface area contributed by atoms with Crippen LogP contribution in [-0.2, 0) is 9.68 Å². The average Bonchev–Trinajstić information content (AvgIpc) is 2.38. The predicted octanol–water partition coefficient (Wildman–Crippen LogP) is 2.77. The predicted molar refractivity (Wildman–Crippen MR) is 62.6 cm³/mol. The maximum Gasteiger partial charge on any atom is 0.358 e. The number of carbonyl (C=O) groups excluding carboxylic acids is 2. The van der Waals surface area contributed by atoms with Crippen molar-refractivity contribution in [2.45, 2.75) is 26.7 Å². The summed E-state index contributed by atoms with van der Waals surface area (Å²) in [7, 11) is 0. The van der Waals surface area contributed by atoms with Crippen LogP contribution in [0.2, 0.25) is 0 Å². The van der Waals surface area contributed by atoms with E-state index in [9.17, 15) is 9.59 Å². The van der Waals surface area contributed by atoms with E-state index in [1.165, 1.54) is 0 Å². The first kappa shape index (κ1) is 13.2. The van der Waals surface area contributed by atoms with Gasteiger partial charge in [-0.3, -0.25) is 14.6 Å². The minimum Gasteiger partial charge on any atom is -0.298 e. The zero-order valence-electron chi connectivity index (χ0n) is 10.0. The molecule has 4 heteroatoms. The highest BCUT2D eigenvalue weighted by molar-refractivity contribution is 5.75. The molecule has 92 valence electrons. The van der Waals surface area contributed by atoms with E-state index in [-0.39, 0.29) is 11.9 Å². The summed E-state index contributed by atoms with van der Waals surface area (Å²) in [5.74, 6) is -0.103. The third-order valence-corrected chi connectivity index (χ3v) is 2.56. The van der Waals surface area contributed by atoms with E-state index in [0.717, 1.165) is 19.1 Å². The Morgan fingerprint density at radius 1 is 1.24 bits per heavy atom. The van der Waals surface area contributed by atoms with Crippen LogP contribution in [0.3, 0.4) is 0 Å². The first-order valence-corrected chi connectivity index (χ1v) is 5.64. The number of hydrogen-bond acceptors (Lipinski definition) is 4. The molecule has 0 radical (unpaired) electrons. The molecule has 0 aromatic heterocycles. The Kier molecular flexibility index (Phi) is 5.20. The van der Waals surface area contributed by atoms with Crippen molar-refractivity contribution in [3.05, 3.63) is 29.8 Å². The van der Waals surface area contributed by atoms with Gasteiger partial charge in [0.2, 0.25) is 0 Å². The van der Waals surface area contributed by atoms with E-state index < -0.39 is 0 Å². The summed E-state index contributed by atoms with van der Waals surface area (Å²) in [4.78, 5) is 31.5. The molecule has 4 nitrogen and oxygen atoms in total. The summed E-state index contributed by atoms with van der Waals surface area (Å²) in [6.45, 7) is 3.85. The average molecular weight is 236 g/mol. The highest BCUT2D eigenvalue weighted by atomic mass is 17.2. The lowest BCUT2D eigenvalue weighted by molar-refractivity contribution is -0.219. The molecular formula is C13H16O4. The number of benzene rings is 1. The summed E-state index contributed by atoms with van der Waals surface area (Å²) in [6, 6.07) is 6.33. The molecule has 0 heterocycles. The number of aldehydes is 1. The second-order valence-electron chi connectivity index (χ2n) is 3.69. The molecule has 0 saturated carbocycles. The fourth-order valence-electron chi connectivity index (χ4n) is 1.38. The number of rotatable bonds is 6. The molecule has 0 bridgehead atoms. The van der Waals surface area contributed by atoms with Gasteiger partial charge in [0.15, 0.2) is 5.75 Å². The molecule has 0 spiro atoms. The highest BCUT2D eigenvalue weighted by Gasteiger charge is 2.17. The van der Waals surface area contributed by atoms with Crippen molar-refractivity contribution in [2.24, 2.45) is 5.92 Å². The second kappa shape index (κ2) is 6.68. The van der Waals surface area contributed by atoms with E-state index in [4.69, 9.17) is 9.78 Å². The van der Waals surface area contributed by atoms with Crippen LogP contribution in [0.4, 0.5) is 0 Å². The summed E-state index contributed by atoms with van der Waals surface area (Å²) in [5.41, 5.74) is 0.545. The van der Waals surface area contributed by atoms with Gasteiger partial charge in [0, 0.05) is 5.56 Å². The SMILES string of the molecule is CCC(CC)C(=O)OOc1ccc(C=O)cc1. The van der Waals surface area contributed by atoms with Gasteiger partial charge in [-0.1, -0.05) is 13.8 Å². The first-order chi connectivity index (χ1) is 8.21. The van der Waals surface area contributed by atoms with Gasteiger partial charge in [0.25, 0.3) is 0 Å². The van der Waals surface area contributed by atoms with E-state index in [1.807, 2.05) is 13.8 Å². The lowest BCUT2D eigenvalue weighted by atomic mass is 10.0. The van der Waals surface area contributed by atoms with Crippen molar-refractivity contribution < 1.29 is 19.4 Å². The summed E-state index contributed by atoms with van der Waals surface area (Å²) >= 11 is 0. The largest absolute Gasteiger partial charge is 0.358 e. The summed E-state index contributed by atoms with van der Waals surface area (Å²) in [6.07, 6.45) is 2.19. The molecule has 0 amide bonds. The minimum atomic E-state index is -0.366. The third kappa shape index (κ3) is 3.90.